The summed E-state index contributed by atoms with van der Waals surface area (Å²) >= 11 is 0.932. The van der Waals surface area contributed by atoms with Crippen molar-refractivity contribution in [1.29, 1.82) is 0 Å². The minimum atomic E-state index is 0.843. The lowest BCUT2D eigenvalue weighted by Crippen LogP contribution is -1.88. The van der Waals surface area contributed by atoms with Crippen LogP contribution in [0.4, 0.5) is 0 Å². The van der Waals surface area contributed by atoms with Crippen LogP contribution in [0.2, 0.25) is 0 Å². The lowest BCUT2D eigenvalue weighted by molar-refractivity contribution is 0.921. The first-order chi connectivity index (χ1) is 7.31. The highest BCUT2D eigenvalue weighted by molar-refractivity contribution is 7.98. The van der Waals surface area contributed by atoms with E-state index in [1.807, 2.05) is 35.9 Å². The van der Waals surface area contributed by atoms with Crippen molar-refractivity contribution in [3.8, 4) is 11.3 Å². The first-order valence-electron chi connectivity index (χ1n) is 4.37. The molecule has 0 amide bonds. The summed E-state index contributed by atoms with van der Waals surface area (Å²) in [6, 6.07) is 7.64. The zero-order chi connectivity index (χ0) is 10.7. The van der Waals surface area contributed by atoms with Gasteiger partial charge in [0.25, 0.3) is 0 Å². The van der Waals surface area contributed by atoms with Crippen LogP contribution in [0.3, 0.4) is 0 Å². The van der Waals surface area contributed by atoms with E-state index in [4.69, 9.17) is 0 Å². The van der Waals surface area contributed by atoms with E-state index in [0.717, 1.165) is 28.1 Å². The van der Waals surface area contributed by atoms with E-state index in [0.29, 0.717) is 0 Å². The maximum atomic E-state index is 10.0. The molecule has 0 atom stereocenters. The summed E-state index contributed by atoms with van der Waals surface area (Å²) in [6.07, 6.45) is 3.56. The van der Waals surface area contributed by atoms with Gasteiger partial charge in [-0.2, -0.15) is 0 Å². The van der Waals surface area contributed by atoms with Gasteiger partial charge in [0.05, 0.1) is 30.2 Å². The van der Waals surface area contributed by atoms with E-state index in [9.17, 15) is 4.91 Å². The standard InChI is InChI=1S/C10H9N3OS/c1-13-7-11-6-10(13)8-2-4-9(5-3-8)15-12-14/h2-7H,1H3. The van der Waals surface area contributed by atoms with Crippen LogP contribution in [0.15, 0.2) is 46.3 Å². The Hall–Kier alpha value is -1.62. The highest BCUT2D eigenvalue weighted by Crippen LogP contribution is 2.23. The third kappa shape index (κ3) is 2.07. The van der Waals surface area contributed by atoms with Crippen LogP contribution in [-0.2, 0) is 7.05 Å². The molecule has 76 valence electrons. The van der Waals surface area contributed by atoms with Crippen molar-refractivity contribution in [2.75, 3.05) is 0 Å². The Balaban J connectivity index is 2.31. The number of imidazole rings is 1. The van der Waals surface area contributed by atoms with Gasteiger partial charge in [-0.1, -0.05) is 12.1 Å². The maximum Gasteiger partial charge on any atom is 0.0948 e. The molecule has 1 heterocycles. The number of hydrogen-bond donors (Lipinski definition) is 0. The zero-order valence-electron chi connectivity index (χ0n) is 8.12. The summed E-state index contributed by atoms with van der Waals surface area (Å²) in [5.41, 5.74) is 2.12. The molecule has 5 heteroatoms. The number of aromatic nitrogens is 2. The second kappa shape index (κ2) is 4.27. The molecular weight excluding hydrogens is 210 g/mol. The Bertz CT molecular complexity index is 464. The monoisotopic (exact) mass is 219 g/mol. The van der Waals surface area contributed by atoms with Crippen LogP contribution in [0, 0.1) is 4.91 Å². The highest BCUT2D eigenvalue weighted by atomic mass is 32.2. The molecule has 0 saturated carbocycles. The topological polar surface area (TPSA) is 47.2 Å². The summed E-state index contributed by atoms with van der Waals surface area (Å²) in [6.45, 7) is 0. The van der Waals surface area contributed by atoms with Gasteiger partial charge in [0.1, 0.15) is 0 Å². The quantitative estimate of drug-likeness (QED) is 0.589. The SMILES string of the molecule is Cn1cncc1-c1ccc(SN=O)cc1. The van der Waals surface area contributed by atoms with Crippen LogP contribution < -0.4 is 0 Å². The summed E-state index contributed by atoms with van der Waals surface area (Å²) in [4.78, 5) is 14.9. The predicted octanol–water partition coefficient (Wildman–Crippen LogP) is 2.86. The van der Waals surface area contributed by atoms with E-state index in [1.54, 1.807) is 12.5 Å². The van der Waals surface area contributed by atoms with Gasteiger partial charge in [-0.15, -0.1) is 4.91 Å². The fraction of sp³-hybridized carbons (Fsp3) is 0.100. The van der Waals surface area contributed by atoms with Crippen molar-refractivity contribution >= 4 is 11.9 Å². The molecule has 2 rings (SSSR count). The van der Waals surface area contributed by atoms with Gasteiger partial charge in [-0.3, -0.25) is 0 Å². The van der Waals surface area contributed by atoms with E-state index in [-0.39, 0.29) is 0 Å². The molecule has 1 aromatic carbocycles. The van der Waals surface area contributed by atoms with E-state index in [2.05, 4.69) is 9.57 Å². The Kier molecular flexibility index (Phi) is 2.82. The summed E-state index contributed by atoms with van der Waals surface area (Å²) in [7, 11) is 1.94. The fourth-order valence-corrected chi connectivity index (χ4v) is 1.71. The molecule has 0 fully saturated rings. The Labute approximate surface area is 91.4 Å². The molecule has 0 N–H and O–H groups in total. The first kappa shape index (κ1) is 9.92. The average Bonchev–Trinajstić information content (AvgIpc) is 2.66. The molecule has 0 aliphatic rings. The molecule has 2 aromatic rings. The minimum absolute atomic E-state index is 0.843. The van der Waals surface area contributed by atoms with E-state index < -0.39 is 0 Å². The number of nitrogens with zero attached hydrogens (tertiary/aromatic N) is 3. The van der Waals surface area contributed by atoms with E-state index in [1.165, 1.54) is 0 Å². The molecule has 0 saturated heterocycles. The smallest absolute Gasteiger partial charge is 0.0948 e. The van der Waals surface area contributed by atoms with Crippen molar-refractivity contribution in [3.63, 3.8) is 0 Å². The number of benzene rings is 1. The van der Waals surface area contributed by atoms with Crippen molar-refractivity contribution in [2.24, 2.45) is 11.6 Å². The molecular formula is C10H9N3OS. The van der Waals surface area contributed by atoms with Crippen LogP contribution in [-0.4, -0.2) is 9.55 Å². The molecule has 0 aliphatic heterocycles. The van der Waals surface area contributed by atoms with Crippen molar-refractivity contribution in [2.45, 2.75) is 4.90 Å². The third-order valence-corrected chi connectivity index (χ3v) is 2.67. The number of nitroso groups, excluding NO2 is 1. The first-order valence-corrected chi connectivity index (χ1v) is 5.15. The number of hydrogen-bond acceptors (Lipinski definition) is 4. The van der Waals surface area contributed by atoms with Gasteiger partial charge in [-0.25, -0.2) is 4.98 Å². The fourth-order valence-electron chi connectivity index (χ4n) is 1.36. The van der Waals surface area contributed by atoms with Gasteiger partial charge < -0.3 is 4.57 Å². The Morgan fingerprint density at radius 2 is 2.07 bits per heavy atom. The molecule has 1 aromatic heterocycles. The minimum Gasteiger partial charge on any atom is -0.334 e. The third-order valence-electron chi connectivity index (χ3n) is 2.11. The second-order valence-electron chi connectivity index (χ2n) is 3.08. The Morgan fingerprint density at radius 1 is 1.33 bits per heavy atom. The molecule has 0 radical (unpaired) electrons. The summed E-state index contributed by atoms with van der Waals surface area (Å²) in [5, 5.41) is 0. The van der Waals surface area contributed by atoms with Crippen molar-refractivity contribution in [1.82, 2.24) is 9.55 Å². The maximum absolute atomic E-state index is 10.0. The number of aryl methyl sites for hydroxylation is 1. The Morgan fingerprint density at radius 3 is 2.60 bits per heavy atom. The van der Waals surface area contributed by atoms with Crippen LogP contribution in [0.5, 0.6) is 0 Å². The molecule has 4 nitrogen and oxygen atoms in total. The van der Waals surface area contributed by atoms with Crippen LogP contribution in [0.1, 0.15) is 0 Å². The lowest BCUT2D eigenvalue weighted by atomic mass is 10.2. The average molecular weight is 219 g/mol. The zero-order valence-corrected chi connectivity index (χ0v) is 8.94. The summed E-state index contributed by atoms with van der Waals surface area (Å²) < 4.78 is 4.71. The van der Waals surface area contributed by atoms with Gasteiger partial charge >= 0.3 is 0 Å². The lowest BCUT2D eigenvalue weighted by Gasteiger charge is -2.02. The van der Waals surface area contributed by atoms with Crippen LogP contribution >= 0.6 is 11.9 Å². The van der Waals surface area contributed by atoms with Crippen LogP contribution in [0.25, 0.3) is 11.3 Å². The van der Waals surface area contributed by atoms with Gasteiger partial charge in [0.2, 0.25) is 0 Å². The summed E-state index contributed by atoms with van der Waals surface area (Å²) in [5.74, 6) is 0. The number of rotatable bonds is 3. The molecule has 0 aliphatic carbocycles. The van der Waals surface area contributed by atoms with Gasteiger partial charge in [-0.05, 0) is 17.7 Å². The van der Waals surface area contributed by atoms with E-state index >= 15 is 0 Å². The van der Waals surface area contributed by atoms with Gasteiger partial charge in [0, 0.05) is 16.5 Å². The normalized spacial score (nSPS) is 10.2. The van der Waals surface area contributed by atoms with Gasteiger partial charge in [0.15, 0.2) is 0 Å². The molecule has 0 unspecified atom stereocenters. The largest absolute Gasteiger partial charge is 0.334 e. The molecule has 0 spiro atoms. The highest BCUT2D eigenvalue weighted by Gasteiger charge is 2.02. The van der Waals surface area contributed by atoms with Crippen molar-refractivity contribution in [3.05, 3.63) is 41.7 Å². The second-order valence-corrected chi connectivity index (χ2v) is 3.88. The van der Waals surface area contributed by atoms with Crippen molar-refractivity contribution < 1.29 is 0 Å². The molecule has 15 heavy (non-hydrogen) atoms. The predicted molar refractivity (Wildman–Crippen MR) is 60.3 cm³/mol. The molecule has 0 bridgehead atoms.